The number of aryl methyl sites for hydroxylation is 2. The second-order valence-corrected chi connectivity index (χ2v) is 5.31. The van der Waals surface area contributed by atoms with Gasteiger partial charge in [0.1, 0.15) is 5.69 Å². The molecule has 7 nitrogen and oxygen atoms in total. The SMILES string of the molecule is Cc1cnc(-c2nnc(CNC(=O)CCc3ccccc3)o2)cn1. The molecule has 0 fully saturated rings. The summed E-state index contributed by atoms with van der Waals surface area (Å²) in [5.74, 6) is 0.560. The van der Waals surface area contributed by atoms with Crippen LogP contribution in [0.15, 0.2) is 47.1 Å². The molecule has 1 N–H and O–H groups in total. The Morgan fingerprint density at radius 1 is 1.12 bits per heavy atom. The first kappa shape index (κ1) is 15.8. The van der Waals surface area contributed by atoms with Crippen molar-refractivity contribution < 1.29 is 9.21 Å². The minimum Gasteiger partial charge on any atom is -0.417 e. The molecule has 0 bridgehead atoms. The molecule has 1 amide bonds. The lowest BCUT2D eigenvalue weighted by Gasteiger charge is -2.02. The van der Waals surface area contributed by atoms with E-state index in [1.54, 1.807) is 12.4 Å². The van der Waals surface area contributed by atoms with Crippen molar-refractivity contribution in [3.8, 4) is 11.6 Å². The number of nitrogens with zero attached hydrogens (tertiary/aromatic N) is 4. The van der Waals surface area contributed by atoms with E-state index in [4.69, 9.17) is 4.42 Å². The second kappa shape index (κ2) is 7.45. The van der Waals surface area contributed by atoms with E-state index in [0.717, 1.165) is 11.3 Å². The summed E-state index contributed by atoms with van der Waals surface area (Å²) in [7, 11) is 0. The number of carbonyl (C=O) groups is 1. The second-order valence-electron chi connectivity index (χ2n) is 5.31. The number of benzene rings is 1. The first-order valence-electron chi connectivity index (χ1n) is 7.63. The molecule has 2 aromatic heterocycles. The van der Waals surface area contributed by atoms with Gasteiger partial charge in [-0.3, -0.25) is 9.78 Å². The average Bonchev–Trinajstić information content (AvgIpc) is 3.09. The highest BCUT2D eigenvalue weighted by atomic mass is 16.4. The number of amides is 1. The maximum absolute atomic E-state index is 11.9. The van der Waals surface area contributed by atoms with Gasteiger partial charge in [-0.25, -0.2) is 4.98 Å². The predicted octanol–water partition coefficient (Wildman–Crippen LogP) is 2.08. The molecule has 0 saturated heterocycles. The first-order valence-corrected chi connectivity index (χ1v) is 7.63. The first-order chi connectivity index (χ1) is 11.7. The molecule has 122 valence electrons. The van der Waals surface area contributed by atoms with Gasteiger partial charge in [-0.15, -0.1) is 10.2 Å². The lowest BCUT2D eigenvalue weighted by Crippen LogP contribution is -2.23. The number of hydrogen-bond acceptors (Lipinski definition) is 6. The quantitative estimate of drug-likeness (QED) is 0.746. The van der Waals surface area contributed by atoms with Crippen LogP contribution in [-0.2, 0) is 17.8 Å². The fourth-order valence-electron chi connectivity index (χ4n) is 2.10. The highest BCUT2D eigenvalue weighted by Crippen LogP contribution is 2.13. The highest BCUT2D eigenvalue weighted by molar-refractivity contribution is 5.76. The highest BCUT2D eigenvalue weighted by Gasteiger charge is 2.11. The molecule has 0 unspecified atom stereocenters. The molecule has 7 heteroatoms. The molecule has 0 saturated carbocycles. The van der Waals surface area contributed by atoms with Crippen LogP contribution < -0.4 is 5.32 Å². The van der Waals surface area contributed by atoms with Gasteiger partial charge in [-0.2, -0.15) is 0 Å². The van der Waals surface area contributed by atoms with Gasteiger partial charge in [0, 0.05) is 12.6 Å². The van der Waals surface area contributed by atoms with Crippen LogP contribution in [0.2, 0.25) is 0 Å². The van der Waals surface area contributed by atoms with Gasteiger partial charge in [0.15, 0.2) is 0 Å². The topological polar surface area (TPSA) is 93.8 Å². The third-order valence-electron chi connectivity index (χ3n) is 3.39. The Hall–Kier alpha value is -3.09. The number of rotatable bonds is 6. The summed E-state index contributed by atoms with van der Waals surface area (Å²) in [6.07, 6.45) is 4.31. The van der Waals surface area contributed by atoms with Crippen LogP contribution >= 0.6 is 0 Å². The largest absolute Gasteiger partial charge is 0.417 e. The van der Waals surface area contributed by atoms with Crippen molar-refractivity contribution in [2.45, 2.75) is 26.3 Å². The van der Waals surface area contributed by atoms with Crippen molar-refractivity contribution in [3.63, 3.8) is 0 Å². The Balaban J connectivity index is 1.50. The number of aromatic nitrogens is 4. The number of carbonyl (C=O) groups excluding carboxylic acids is 1. The molecule has 0 spiro atoms. The third kappa shape index (κ3) is 4.22. The van der Waals surface area contributed by atoms with Crippen molar-refractivity contribution in [1.29, 1.82) is 0 Å². The van der Waals surface area contributed by atoms with Crippen molar-refractivity contribution >= 4 is 5.91 Å². The predicted molar refractivity (Wildman–Crippen MR) is 86.7 cm³/mol. The summed E-state index contributed by atoms with van der Waals surface area (Å²) in [5.41, 5.74) is 2.45. The summed E-state index contributed by atoms with van der Waals surface area (Å²) in [6, 6.07) is 9.87. The molecule has 1 aromatic carbocycles. The molecule has 0 aliphatic heterocycles. The Morgan fingerprint density at radius 2 is 1.96 bits per heavy atom. The number of hydrogen-bond donors (Lipinski definition) is 1. The normalized spacial score (nSPS) is 10.5. The summed E-state index contributed by atoms with van der Waals surface area (Å²) >= 11 is 0. The van der Waals surface area contributed by atoms with E-state index in [9.17, 15) is 4.79 Å². The van der Waals surface area contributed by atoms with Crippen LogP contribution in [0.4, 0.5) is 0 Å². The fraction of sp³-hybridized carbons (Fsp3) is 0.235. The zero-order chi connectivity index (χ0) is 16.8. The summed E-state index contributed by atoms with van der Waals surface area (Å²) < 4.78 is 5.48. The molecular weight excluding hydrogens is 306 g/mol. The standard InChI is InChI=1S/C17H17N5O2/c1-12-9-19-14(10-18-12)17-22-21-16(24-17)11-20-15(23)8-7-13-5-3-2-4-6-13/h2-6,9-10H,7-8,11H2,1H3,(H,20,23). The Morgan fingerprint density at radius 3 is 2.71 bits per heavy atom. The average molecular weight is 323 g/mol. The number of nitrogens with one attached hydrogen (secondary N) is 1. The van der Waals surface area contributed by atoms with Crippen LogP contribution in [0.3, 0.4) is 0 Å². The lowest BCUT2D eigenvalue weighted by atomic mass is 10.1. The van der Waals surface area contributed by atoms with Gasteiger partial charge >= 0.3 is 0 Å². The van der Waals surface area contributed by atoms with Crippen molar-refractivity contribution in [2.24, 2.45) is 0 Å². The molecule has 0 radical (unpaired) electrons. The van der Waals surface area contributed by atoms with Crippen LogP contribution in [-0.4, -0.2) is 26.1 Å². The van der Waals surface area contributed by atoms with Crippen LogP contribution in [0, 0.1) is 6.92 Å². The minimum atomic E-state index is -0.0614. The van der Waals surface area contributed by atoms with Gasteiger partial charge in [-0.1, -0.05) is 30.3 Å². The molecule has 24 heavy (non-hydrogen) atoms. The van der Waals surface area contributed by atoms with E-state index < -0.39 is 0 Å². The van der Waals surface area contributed by atoms with Gasteiger partial charge in [-0.05, 0) is 18.9 Å². The minimum absolute atomic E-state index is 0.0614. The van der Waals surface area contributed by atoms with Crippen molar-refractivity contribution in [2.75, 3.05) is 0 Å². The van der Waals surface area contributed by atoms with E-state index in [-0.39, 0.29) is 18.3 Å². The fourth-order valence-corrected chi connectivity index (χ4v) is 2.10. The molecule has 3 rings (SSSR count). The third-order valence-corrected chi connectivity index (χ3v) is 3.39. The van der Waals surface area contributed by atoms with Crippen LogP contribution in [0.5, 0.6) is 0 Å². The van der Waals surface area contributed by atoms with E-state index in [1.807, 2.05) is 37.3 Å². The summed E-state index contributed by atoms with van der Waals surface area (Å²) in [5, 5.41) is 10.6. The maximum atomic E-state index is 11.9. The zero-order valence-electron chi connectivity index (χ0n) is 13.3. The van der Waals surface area contributed by atoms with E-state index in [0.29, 0.717) is 24.4 Å². The van der Waals surface area contributed by atoms with Crippen LogP contribution in [0.1, 0.15) is 23.6 Å². The van der Waals surface area contributed by atoms with Gasteiger partial charge in [0.05, 0.1) is 18.4 Å². The molecule has 2 heterocycles. The van der Waals surface area contributed by atoms with E-state index >= 15 is 0 Å². The van der Waals surface area contributed by atoms with Gasteiger partial charge < -0.3 is 9.73 Å². The lowest BCUT2D eigenvalue weighted by molar-refractivity contribution is -0.121. The van der Waals surface area contributed by atoms with Crippen molar-refractivity contribution in [1.82, 2.24) is 25.5 Å². The van der Waals surface area contributed by atoms with Gasteiger partial charge in [0.25, 0.3) is 5.89 Å². The van der Waals surface area contributed by atoms with Crippen molar-refractivity contribution in [3.05, 3.63) is 59.9 Å². The summed E-state index contributed by atoms with van der Waals surface area (Å²) in [4.78, 5) is 20.2. The Kier molecular flexibility index (Phi) is 4.90. The summed E-state index contributed by atoms with van der Waals surface area (Å²) in [6.45, 7) is 2.04. The zero-order valence-corrected chi connectivity index (χ0v) is 13.3. The molecular formula is C17H17N5O2. The van der Waals surface area contributed by atoms with E-state index in [1.165, 1.54) is 0 Å². The Labute approximate surface area is 139 Å². The smallest absolute Gasteiger partial charge is 0.267 e. The monoisotopic (exact) mass is 323 g/mol. The molecule has 0 aliphatic rings. The van der Waals surface area contributed by atoms with E-state index in [2.05, 4.69) is 25.5 Å². The molecule has 3 aromatic rings. The molecule has 0 aliphatic carbocycles. The van der Waals surface area contributed by atoms with Crippen LogP contribution in [0.25, 0.3) is 11.6 Å². The van der Waals surface area contributed by atoms with Gasteiger partial charge in [0.2, 0.25) is 11.8 Å². The molecule has 0 atom stereocenters. The maximum Gasteiger partial charge on any atom is 0.267 e. The Bertz CT molecular complexity index is 799.